The van der Waals surface area contributed by atoms with Crippen LogP contribution < -0.4 is 5.32 Å². The molecular weight excluding hydrogens is 176 g/mol. The summed E-state index contributed by atoms with van der Waals surface area (Å²) in [5.74, 6) is 2.19. The topological polar surface area (TPSA) is 32.3 Å². The van der Waals surface area contributed by atoms with E-state index in [0.717, 1.165) is 19.6 Å². The fourth-order valence-corrected chi connectivity index (χ4v) is 3.24. The zero-order chi connectivity index (χ0) is 9.71. The van der Waals surface area contributed by atoms with E-state index in [4.69, 9.17) is 0 Å². The second-order valence-corrected chi connectivity index (χ2v) is 5.03. The third-order valence-corrected chi connectivity index (χ3v) is 4.21. The Morgan fingerprint density at radius 3 is 2.64 bits per heavy atom. The molecule has 2 heterocycles. The molecule has 1 N–H and O–H groups in total. The Morgan fingerprint density at radius 2 is 2.07 bits per heavy atom. The fraction of sp³-hybridized carbons (Fsp3) is 0.909. The standard InChI is InChI=1S/C11H18N2O/c1-7-3-2-4-13(7)11(14)10-8-5-12-6-9(8)10/h7-10,12H,2-6H2,1H3/t7-,8?,9?,10?/m0/s1. The molecule has 3 rings (SSSR count). The summed E-state index contributed by atoms with van der Waals surface area (Å²) in [6.07, 6.45) is 2.40. The van der Waals surface area contributed by atoms with Gasteiger partial charge in [-0.15, -0.1) is 0 Å². The van der Waals surface area contributed by atoms with Gasteiger partial charge >= 0.3 is 0 Å². The summed E-state index contributed by atoms with van der Waals surface area (Å²) in [5, 5.41) is 3.34. The Labute approximate surface area is 84.8 Å². The molecule has 0 spiro atoms. The van der Waals surface area contributed by atoms with Crippen molar-refractivity contribution in [1.82, 2.24) is 10.2 Å². The Bertz CT molecular complexity index is 256. The van der Waals surface area contributed by atoms with Gasteiger partial charge in [0.25, 0.3) is 0 Å². The van der Waals surface area contributed by atoms with Crippen molar-refractivity contribution in [1.29, 1.82) is 0 Å². The molecule has 2 saturated heterocycles. The molecule has 2 aliphatic heterocycles. The first-order valence-electron chi connectivity index (χ1n) is 5.80. The summed E-state index contributed by atoms with van der Waals surface area (Å²) in [5.41, 5.74) is 0. The van der Waals surface area contributed by atoms with Crippen molar-refractivity contribution in [2.45, 2.75) is 25.8 Å². The minimum absolute atomic E-state index is 0.386. The molecule has 0 aromatic rings. The molecule has 3 aliphatic rings. The number of hydrogen-bond acceptors (Lipinski definition) is 2. The number of hydrogen-bond donors (Lipinski definition) is 1. The summed E-state index contributed by atoms with van der Waals surface area (Å²) >= 11 is 0. The number of rotatable bonds is 1. The van der Waals surface area contributed by atoms with Crippen molar-refractivity contribution in [3.05, 3.63) is 0 Å². The Kier molecular flexibility index (Phi) is 1.84. The van der Waals surface area contributed by atoms with Crippen molar-refractivity contribution in [2.75, 3.05) is 19.6 Å². The van der Waals surface area contributed by atoms with E-state index in [0.29, 0.717) is 29.7 Å². The maximum absolute atomic E-state index is 12.1. The average molecular weight is 194 g/mol. The highest BCUT2D eigenvalue weighted by Crippen LogP contribution is 2.50. The van der Waals surface area contributed by atoms with E-state index in [9.17, 15) is 4.79 Å². The third kappa shape index (κ3) is 1.11. The van der Waals surface area contributed by atoms with Crippen molar-refractivity contribution in [2.24, 2.45) is 17.8 Å². The van der Waals surface area contributed by atoms with Gasteiger partial charge < -0.3 is 10.2 Å². The van der Waals surface area contributed by atoms with Crippen LogP contribution in [0.1, 0.15) is 19.8 Å². The highest BCUT2D eigenvalue weighted by atomic mass is 16.2. The number of carbonyl (C=O) groups excluding carboxylic acids is 1. The molecule has 1 amide bonds. The molecule has 14 heavy (non-hydrogen) atoms. The van der Waals surface area contributed by atoms with Gasteiger partial charge in [0.05, 0.1) is 0 Å². The maximum atomic E-state index is 12.1. The van der Waals surface area contributed by atoms with Gasteiger partial charge in [0.15, 0.2) is 0 Å². The Morgan fingerprint density at radius 1 is 1.36 bits per heavy atom. The molecule has 3 heteroatoms. The molecule has 0 aromatic heterocycles. The maximum Gasteiger partial charge on any atom is 0.226 e. The van der Waals surface area contributed by atoms with Crippen LogP contribution in [0.4, 0.5) is 0 Å². The van der Waals surface area contributed by atoms with E-state index in [1.54, 1.807) is 0 Å². The lowest BCUT2D eigenvalue weighted by molar-refractivity contribution is -0.133. The van der Waals surface area contributed by atoms with E-state index >= 15 is 0 Å². The molecule has 0 aromatic carbocycles. The zero-order valence-corrected chi connectivity index (χ0v) is 8.70. The highest BCUT2D eigenvalue weighted by molar-refractivity contribution is 5.83. The van der Waals surface area contributed by atoms with Gasteiger partial charge in [0, 0.05) is 18.5 Å². The average Bonchev–Trinajstić information content (AvgIpc) is 2.57. The zero-order valence-electron chi connectivity index (χ0n) is 8.70. The molecule has 78 valence electrons. The van der Waals surface area contributed by atoms with Crippen LogP contribution in [0.3, 0.4) is 0 Å². The molecule has 0 bridgehead atoms. The summed E-state index contributed by atoms with van der Waals surface area (Å²) in [4.78, 5) is 14.2. The minimum Gasteiger partial charge on any atom is -0.340 e. The number of amides is 1. The van der Waals surface area contributed by atoms with Crippen LogP contribution in [-0.2, 0) is 4.79 Å². The Balaban J connectivity index is 1.66. The number of piperidine rings is 1. The van der Waals surface area contributed by atoms with Crippen LogP contribution >= 0.6 is 0 Å². The first-order valence-corrected chi connectivity index (χ1v) is 5.80. The molecule has 2 unspecified atom stereocenters. The van der Waals surface area contributed by atoms with E-state index in [1.165, 1.54) is 12.8 Å². The molecule has 3 fully saturated rings. The Hall–Kier alpha value is -0.570. The number of carbonyl (C=O) groups is 1. The lowest BCUT2D eigenvalue weighted by Gasteiger charge is -2.22. The molecule has 3 nitrogen and oxygen atoms in total. The summed E-state index contributed by atoms with van der Waals surface area (Å²) in [6, 6.07) is 0.497. The number of nitrogens with one attached hydrogen (secondary N) is 1. The van der Waals surface area contributed by atoms with Crippen molar-refractivity contribution < 1.29 is 4.79 Å². The third-order valence-electron chi connectivity index (χ3n) is 4.21. The van der Waals surface area contributed by atoms with E-state index in [-0.39, 0.29) is 0 Å². The predicted molar refractivity (Wildman–Crippen MR) is 53.7 cm³/mol. The van der Waals surface area contributed by atoms with Crippen molar-refractivity contribution in [3.8, 4) is 0 Å². The summed E-state index contributed by atoms with van der Waals surface area (Å²) in [6.45, 7) is 5.33. The minimum atomic E-state index is 0.386. The van der Waals surface area contributed by atoms with Gasteiger partial charge in [-0.05, 0) is 44.7 Å². The molecule has 3 atom stereocenters. The van der Waals surface area contributed by atoms with Crippen LogP contribution in [-0.4, -0.2) is 36.5 Å². The lowest BCUT2D eigenvalue weighted by atomic mass is 10.2. The van der Waals surface area contributed by atoms with Crippen LogP contribution in [0.2, 0.25) is 0 Å². The van der Waals surface area contributed by atoms with Gasteiger partial charge in [-0.25, -0.2) is 0 Å². The van der Waals surface area contributed by atoms with E-state index in [2.05, 4.69) is 17.1 Å². The van der Waals surface area contributed by atoms with Crippen LogP contribution in [0.5, 0.6) is 0 Å². The monoisotopic (exact) mass is 194 g/mol. The van der Waals surface area contributed by atoms with E-state index in [1.807, 2.05) is 0 Å². The van der Waals surface area contributed by atoms with Gasteiger partial charge in [-0.3, -0.25) is 4.79 Å². The van der Waals surface area contributed by atoms with Crippen LogP contribution in [0.15, 0.2) is 0 Å². The van der Waals surface area contributed by atoms with Gasteiger partial charge in [0.2, 0.25) is 5.91 Å². The smallest absolute Gasteiger partial charge is 0.226 e. The molecule has 1 saturated carbocycles. The predicted octanol–water partition coefficient (Wildman–Crippen LogP) is 0.463. The first kappa shape index (κ1) is 8.72. The summed E-state index contributed by atoms with van der Waals surface area (Å²) < 4.78 is 0. The first-order chi connectivity index (χ1) is 6.79. The SMILES string of the molecule is C[C@H]1CCCN1C(=O)C1C2CNCC21. The fourth-order valence-electron chi connectivity index (χ4n) is 3.24. The lowest BCUT2D eigenvalue weighted by Crippen LogP contribution is -2.37. The van der Waals surface area contributed by atoms with Crippen molar-refractivity contribution in [3.63, 3.8) is 0 Å². The highest BCUT2D eigenvalue weighted by Gasteiger charge is 2.58. The molecule has 0 radical (unpaired) electrons. The van der Waals surface area contributed by atoms with E-state index < -0.39 is 0 Å². The number of likely N-dealkylation sites (tertiary alicyclic amines) is 1. The second kappa shape index (κ2) is 2.96. The molecular formula is C11H18N2O. The quantitative estimate of drug-likeness (QED) is 0.658. The van der Waals surface area contributed by atoms with Gasteiger partial charge in [0.1, 0.15) is 0 Å². The van der Waals surface area contributed by atoms with Crippen molar-refractivity contribution >= 4 is 5.91 Å². The second-order valence-electron chi connectivity index (χ2n) is 5.03. The van der Waals surface area contributed by atoms with Crippen LogP contribution in [0.25, 0.3) is 0 Å². The normalized spacial score (nSPS) is 45.4. The summed E-state index contributed by atoms with van der Waals surface area (Å²) in [7, 11) is 0. The largest absolute Gasteiger partial charge is 0.340 e. The van der Waals surface area contributed by atoms with Crippen LogP contribution in [0, 0.1) is 17.8 Å². The number of nitrogens with zero attached hydrogens (tertiary/aromatic N) is 1. The molecule has 1 aliphatic carbocycles. The number of fused-ring (bicyclic) bond motifs is 1. The van der Waals surface area contributed by atoms with Gasteiger partial charge in [-0.1, -0.05) is 0 Å². The van der Waals surface area contributed by atoms with Gasteiger partial charge in [-0.2, -0.15) is 0 Å².